The Morgan fingerprint density at radius 3 is 2.67 bits per heavy atom. The molecule has 3 rings (SSSR count). The highest BCUT2D eigenvalue weighted by atomic mass is 79.9. The molecule has 1 heterocycles. The first-order valence-corrected chi connectivity index (χ1v) is 8.79. The molecule has 0 bridgehead atoms. The monoisotopic (exact) mass is 370 g/mol. The minimum Gasteiger partial charge on any atom is -0.335 e. The van der Waals surface area contributed by atoms with Crippen molar-refractivity contribution in [3.05, 3.63) is 33.3 Å². The minimum absolute atomic E-state index is 0.116. The molecule has 0 radical (unpaired) electrons. The van der Waals surface area contributed by atoms with Crippen molar-refractivity contribution in [3.8, 4) is 0 Å². The van der Waals surface area contributed by atoms with Crippen LogP contribution in [0.4, 0.5) is 0 Å². The lowest BCUT2D eigenvalue weighted by atomic mass is 9.97. The van der Waals surface area contributed by atoms with E-state index in [-0.39, 0.29) is 5.91 Å². The Balaban J connectivity index is 1.76. The molecule has 0 aromatic heterocycles. The molecule has 0 atom stereocenters. The Morgan fingerprint density at radius 2 is 2.00 bits per heavy atom. The summed E-state index contributed by atoms with van der Waals surface area (Å²) in [5.41, 5.74) is 0.684. The molecule has 0 spiro atoms. The van der Waals surface area contributed by atoms with Gasteiger partial charge in [0.05, 0.1) is 5.56 Å². The van der Waals surface area contributed by atoms with Gasteiger partial charge in [0, 0.05) is 22.1 Å². The molecule has 1 aromatic carbocycles. The highest BCUT2D eigenvalue weighted by molar-refractivity contribution is 9.10. The Bertz CT molecular complexity index is 527. The number of hydrogen-bond acceptors (Lipinski definition) is 2. The zero-order valence-electron chi connectivity index (χ0n) is 11.9. The van der Waals surface area contributed by atoms with Crippen LogP contribution in [-0.4, -0.2) is 36.5 Å². The van der Waals surface area contributed by atoms with Gasteiger partial charge in [-0.05, 0) is 78.8 Å². The highest BCUT2D eigenvalue weighted by Gasteiger charge is 2.35. The zero-order chi connectivity index (χ0) is 14.8. The van der Waals surface area contributed by atoms with Crippen molar-refractivity contribution in [2.24, 2.45) is 5.92 Å². The molecule has 2 aliphatic rings. The predicted octanol–water partition coefficient (Wildman–Crippen LogP) is 3.71. The van der Waals surface area contributed by atoms with E-state index in [1.165, 1.54) is 0 Å². The van der Waals surface area contributed by atoms with Crippen LogP contribution >= 0.6 is 27.5 Å². The molecule has 2 fully saturated rings. The van der Waals surface area contributed by atoms with Crippen molar-refractivity contribution >= 4 is 33.4 Å². The second-order valence-electron chi connectivity index (χ2n) is 6.01. The Kier molecular flexibility index (Phi) is 4.87. The van der Waals surface area contributed by atoms with Crippen LogP contribution in [0.5, 0.6) is 0 Å². The van der Waals surface area contributed by atoms with Gasteiger partial charge < -0.3 is 10.2 Å². The van der Waals surface area contributed by atoms with Gasteiger partial charge >= 0.3 is 0 Å². The van der Waals surface area contributed by atoms with Gasteiger partial charge in [0.2, 0.25) is 0 Å². The molecule has 1 saturated carbocycles. The molecule has 3 nitrogen and oxygen atoms in total. The Morgan fingerprint density at radius 1 is 1.29 bits per heavy atom. The standard InChI is InChI=1S/C16H20BrClN2O/c17-15-4-1-12(18)9-14(15)16(21)20(13-2-3-13)10-11-5-7-19-8-6-11/h1,4,9,11,13,19H,2-3,5-8,10H2. The summed E-state index contributed by atoms with van der Waals surface area (Å²) in [6.45, 7) is 3.01. The van der Waals surface area contributed by atoms with Crippen molar-refractivity contribution in [1.82, 2.24) is 10.2 Å². The number of nitrogens with zero attached hydrogens (tertiary/aromatic N) is 1. The molecule has 1 aliphatic heterocycles. The van der Waals surface area contributed by atoms with Crippen LogP contribution in [-0.2, 0) is 0 Å². The average molecular weight is 372 g/mol. The number of amides is 1. The number of benzene rings is 1. The largest absolute Gasteiger partial charge is 0.335 e. The van der Waals surface area contributed by atoms with Crippen LogP contribution in [0.15, 0.2) is 22.7 Å². The quantitative estimate of drug-likeness (QED) is 0.875. The fraction of sp³-hybridized carbons (Fsp3) is 0.562. The fourth-order valence-electron chi connectivity index (χ4n) is 2.94. The fourth-order valence-corrected chi connectivity index (χ4v) is 3.53. The molecule has 1 saturated heterocycles. The molecule has 1 amide bonds. The summed E-state index contributed by atoms with van der Waals surface area (Å²) in [6, 6.07) is 5.85. The summed E-state index contributed by atoms with van der Waals surface area (Å²) in [5.74, 6) is 0.735. The van der Waals surface area contributed by atoms with E-state index in [2.05, 4.69) is 26.1 Å². The number of piperidine rings is 1. The van der Waals surface area contributed by atoms with E-state index in [9.17, 15) is 4.79 Å². The van der Waals surface area contributed by atoms with Crippen molar-refractivity contribution in [2.45, 2.75) is 31.7 Å². The van der Waals surface area contributed by atoms with Gasteiger partial charge in [-0.2, -0.15) is 0 Å². The molecule has 114 valence electrons. The zero-order valence-corrected chi connectivity index (χ0v) is 14.3. The van der Waals surface area contributed by atoms with Gasteiger partial charge in [0.1, 0.15) is 0 Å². The smallest absolute Gasteiger partial charge is 0.255 e. The third-order valence-corrected chi connectivity index (χ3v) is 5.25. The molecular weight excluding hydrogens is 352 g/mol. The highest BCUT2D eigenvalue weighted by Crippen LogP contribution is 2.32. The first-order valence-electron chi connectivity index (χ1n) is 7.62. The number of rotatable bonds is 4. The summed E-state index contributed by atoms with van der Waals surface area (Å²) in [4.78, 5) is 15.0. The van der Waals surface area contributed by atoms with E-state index in [4.69, 9.17) is 11.6 Å². The third-order valence-electron chi connectivity index (χ3n) is 4.32. The van der Waals surface area contributed by atoms with Crippen LogP contribution in [0.2, 0.25) is 5.02 Å². The van der Waals surface area contributed by atoms with Crippen molar-refractivity contribution in [3.63, 3.8) is 0 Å². The van der Waals surface area contributed by atoms with E-state index in [0.717, 1.165) is 49.8 Å². The predicted molar refractivity (Wildman–Crippen MR) is 88.8 cm³/mol. The third kappa shape index (κ3) is 3.79. The molecule has 1 aromatic rings. The summed E-state index contributed by atoms with van der Waals surface area (Å²) < 4.78 is 0.827. The average Bonchev–Trinajstić information content (AvgIpc) is 3.32. The minimum atomic E-state index is 0.116. The van der Waals surface area contributed by atoms with Gasteiger partial charge in [0.25, 0.3) is 5.91 Å². The van der Waals surface area contributed by atoms with Crippen LogP contribution in [0.3, 0.4) is 0 Å². The lowest BCUT2D eigenvalue weighted by molar-refractivity contribution is 0.0700. The van der Waals surface area contributed by atoms with Gasteiger partial charge in [-0.1, -0.05) is 11.6 Å². The number of carbonyl (C=O) groups is 1. The number of halogens is 2. The van der Waals surface area contributed by atoms with Crippen molar-refractivity contribution in [2.75, 3.05) is 19.6 Å². The molecule has 1 aliphatic carbocycles. The number of carbonyl (C=O) groups excluding carboxylic acids is 1. The maximum atomic E-state index is 12.9. The summed E-state index contributed by atoms with van der Waals surface area (Å²) in [6.07, 6.45) is 4.59. The van der Waals surface area contributed by atoms with Gasteiger partial charge in [-0.25, -0.2) is 0 Å². The first kappa shape index (κ1) is 15.3. The molecule has 0 unspecified atom stereocenters. The summed E-state index contributed by atoms with van der Waals surface area (Å²) in [7, 11) is 0. The lowest BCUT2D eigenvalue weighted by Crippen LogP contribution is -2.40. The lowest BCUT2D eigenvalue weighted by Gasteiger charge is -2.30. The topological polar surface area (TPSA) is 32.3 Å². The van der Waals surface area contributed by atoms with E-state index in [1.54, 1.807) is 12.1 Å². The van der Waals surface area contributed by atoms with Crippen molar-refractivity contribution < 1.29 is 4.79 Å². The van der Waals surface area contributed by atoms with E-state index >= 15 is 0 Å². The second kappa shape index (κ2) is 6.67. The summed E-state index contributed by atoms with van der Waals surface area (Å²) >= 11 is 9.53. The van der Waals surface area contributed by atoms with E-state index in [0.29, 0.717) is 22.5 Å². The first-order chi connectivity index (χ1) is 10.1. The molecule has 1 N–H and O–H groups in total. The Hall–Kier alpha value is -0.580. The van der Waals surface area contributed by atoms with E-state index < -0.39 is 0 Å². The molecule has 5 heteroatoms. The van der Waals surface area contributed by atoms with Gasteiger partial charge in [0.15, 0.2) is 0 Å². The van der Waals surface area contributed by atoms with E-state index in [1.807, 2.05) is 6.07 Å². The van der Waals surface area contributed by atoms with Gasteiger partial charge in [-0.15, -0.1) is 0 Å². The van der Waals surface area contributed by atoms with Crippen molar-refractivity contribution in [1.29, 1.82) is 0 Å². The van der Waals surface area contributed by atoms with Crippen LogP contribution in [0.1, 0.15) is 36.0 Å². The maximum absolute atomic E-state index is 12.9. The number of nitrogens with one attached hydrogen (secondary N) is 1. The molecule has 21 heavy (non-hydrogen) atoms. The van der Waals surface area contributed by atoms with Gasteiger partial charge in [-0.3, -0.25) is 4.79 Å². The second-order valence-corrected chi connectivity index (χ2v) is 7.30. The number of hydrogen-bond donors (Lipinski definition) is 1. The van der Waals surface area contributed by atoms with Crippen LogP contribution < -0.4 is 5.32 Å². The molecular formula is C16H20BrClN2O. The van der Waals surface area contributed by atoms with Crippen LogP contribution in [0, 0.1) is 5.92 Å². The van der Waals surface area contributed by atoms with Crippen LogP contribution in [0.25, 0.3) is 0 Å². The Labute approximate surface area is 139 Å². The SMILES string of the molecule is O=C(c1cc(Cl)ccc1Br)N(CC1CCNCC1)C1CC1. The summed E-state index contributed by atoms with van der Waals surface area (Å²) in [5, 5.41) is 3.99. The normalized spacial score (nSPS) is 19.5. The maximum Gasteiger partial charge on any atom is 0.255 e.